The van der Waals surface area contributed by atoms with Crippen LogP contribution in [0, 0.1) is 12.8 Å². The summed E-state index contributed by atoms with van der Waals surface area (Å²) in [5.41, 5.74) is 0.597. The molecule has 11 heavy (non-hydrogen) atoms. The second-order valence-electron chi connectivity index (χ2n) is 2.81. The lowest BCUT2D eigenvalue weighted by molar-refractivity contribution is 0.0938. The van der Waals surface area contributed by atoms with Gasteiger partial charge >= 0.3 is 0 Å². The molecule has 0 saturated carbocycles. The highest BCUT2D eigenvalue weighted by atomic mass is 16.5. The molecule has 0 aromatic carbocycles. The predicted molar refractivity (Wildman–Crippen MR) is 40.4 cm³/mol. The molecule has 0 spiro atoms. The monoisotopic (exact) mass is 153 g/mol. The van der Waals surface area contributed by atoms with Gasteiger partial charge in [0.2, 0.25) is 0 Å². The Hall–Kier alpha value is -1.12. The second-order valence-corrected chi connectivity index (χ2v) is 2.81. The maximum atomic E-state index is 11.3. The van der Waals surface area contributed by atoms with Gasteiger partial charge in [0.1, 0.15) is 5.76 Å². The molecule has 0 aliphatic heterocycles. The van der Waals surface area contributed by atoms with Gasteiger partial charge in [0.15, 0.2) is 5.78 Å². The van der Waals surface area contributed by atoms with Crippen molar-refractivity contribution in [1.29, 1.82) is 0 Å². The summed E-state index contributed by atoms with van der Waals surface area (Å²) in [4.78, 5) is 11.3. The van der Waals surface area contributed by atoms with Crippen LogP contribution >= 0.6 is 0 Å². The van der Waals surface area contributed by atoms with Gasteiger partial charge in [-0.15, -0.1) is 0 Å². The molecule has 0 saturated heterocycles. The first-order valence-corrected chi connectivity index (χ1v) is 3.58. The number of carbonyl (C=O) groups excluding carboxylic acids is 1. The van der Waals surface area contributed by atoms with Crippen molar-refractivity contribution in [3.05, 3.63) is 17.5 Å². The van der Waals surface area contributed by atoms with Crippen molar-refractivity contribution in [1.82, 2.24) is 5.16 Å². The lowest BCUT2D eigenvalue weighted by Gasteiger charge is -1.99. The van der Waals surface area contributed by atoms with E-state index in [1.165, 1.54) is 6.20 Å². The largest absolute Gasteiger partial charge is 0.361 e. The van der Waals surface area contributed by atoms with Crippen LogP contribution in [0.1, 0.15) is 30.0 Å². The first kappa shape index (κ1) is 7.98. The fourth-order valence-electron chi connectivity index (χ4n) is 0.846. The van der Waals surface area contributed by atoms with Gasteiger partial charge in [0.05, 0.1) is 11.8 Å². The summed E-state index contributed by atoms with van der Waals surface area (Å²) < 4.78 is 4.76. The first-order chi connectivity index (χ1) is 5.13. The van der Waals surface area contributed by atoms with Gasteiger partial charge in [-0.05, 0) is 6.92 Å². The van der Waals surface area contributed by atoms with E-state index in [0.717, 1.165) is 0 Å². The number of aryl methyl sites for hydroxylation is 1. The maximum Gasteiger partial charge on any atom is 0.170 e. The van der Waals surface area contributed by atoms with Crippen molar-refractivity contribution in [2.45, 2.75) is 20.8 Å². The number of aromatic nitrogens is 1. The molecule has 0 bridgehead atoms. The quantitative estimate of drug-likeness (QED) is 0.608. The Labute approximate surface area is 65.4 Å². The number of carbonyl (C=O) groups is 1. The van der Waals surface area contributed by atoms with Crippen LogP contribution < -0.4 is 0 Å². The molecule has 1 aromatic heterocycles. The summed E-state index contributed by atoms with van der Waals surface area (Å²) in [6.07, 6.45) is 1.47. The van der Waals surface area contributed by atoms with E-state index in [-0.39, 0.29) is 11.7 Å². The molecule has 1 aromatic rings. The Balaban J connectivity index is 2.93. The zero-order valence-electron chi connectivity index (χ0n) is 6.92. The summed E-state index contributed by atoms with van der Waals surface area (Å²) in [5.74, 6) is 0.695. The molecule has 0 radical (unpaired) electrons. The Morgan fingerprint density at radius 3 is 2.64 bits per heavy atom. The first-order valence-electron chi connectivity index (χ1n) is 3.58. The van der Waals surface area contributed by atoms with Crippen molar-refractivity contribution >= 4 is 5.78 Å². The van der Waals surface area contributed by atoms with Crippen LogP contribution in [0.3, 0.4) is 0 Å². The molecule has 0 atom stereocenters. The lowest BCUT2D eigenvalue weighted by atomic mass is 10.0. The molecule has 1 heterocycles. The third-order valence-corrected chi connectivity index (χ3v) is 1.54. The fraction of sp³-hybridized carbons (Fsp3) is 0.500. The topological polar surface area (TPSA) is 43.1 Å². The van der Waals surface area contributed by atoms with Gasteiger partial charge in [0, 0.05) is 5.92 Å². The minimum atomic E-state index is 0.00750. The number of hydrogen-bond acceptors (Lipinski definition) is 3. The number of nitrogens with zero attached hydrogens (tertiary/aromatic N) is 1. The average Bonchev–Trinajstić information content (AvgIpc) is 2.33. The van der Waals surface area contributed by atoms with E-state index in [0.29, 0.717) is 11.3 Å². The fourth-order valence-corrected chi connectivity index (χ4v) is 0.846. The highest BCUT2D eigenvalue weighted by Gasteiger charge is 2.15. The Kier molecular flexibility index (Phi) is 2.08. The minimum Gasteiger partial charge on any atom is -0.361 e. The van der Waals surface area contributed by atoms with Gasteiger partial charge in [-0.3, -0.25) is 4.79 Å². The molecule has 0 N–H and O–H groups in total. The summed E-state index contributed by atoms with van der Waals surface area (Å²) in [6, 6.07) is 0. The minimum absolute atomic E-state index is 0.00750. The van der Waals surface area contributed by atoms with Gasteiger partial charge in [-0.1, -0.05) is 19.0 Å². The van der Waals surface area contributed by atoms with Gasteiger partial charge in [-0.25, -0.2) is 0 Å². The SMILES string of the molecule is Cc1oncc1C(=O)C(C)C. The van der Waals surface area contributed by atoms with Gasteiger partial charge in [-0.2, -0.15) is 0 Å². The Morgan fingerprint density at radius 1 is 1.64 bits per heavy atom. The molecular formula is C8H11NO2. The van der Waals surface area contributed by atoms with Crippen LogP contribution in [0.5, 0.6) is 0 Å². The third-order valence-electron chi connectivity index (χ3n) is 1.54. The standard InChI is InChI=1S/C8H11NO2/c1-5(2)8(10)7-4-9-11-6(7)3/h4-5H,1-3H3. The van der Waals surface area contributed by atoms with Crippen LogP contribution in [0.15, 0.2) is 10.7 Å². The average molecular weight is 153 g/mol. The van der Waals surface area contributed by atoms with Crippen molar-refractivity contribution in [2.24, 2.45) is 5.92 Å². The zero-order chi connectivity index (χ0) is 8.43. The molecule has 0 aliphatic rings. The molecule has 0 amide bonds. The molecule has 0 aliphatic carbocycles. The van der Waals surface area contributed by atoms with Crippen LogP contribution in [0.4, 0.5) is 0 Å². The highest BCUT2D eigenvalue weighted by molar-refractivity contribution is 5.97. The third kappa shape index (κ3) is 1.48. The van der Waals surface area contributed by atoms with Crippen LogP contribution in [-0.4, -0.2) is 10.9 Å². The molecule has 0 fully saturated rings. The van der Waals surface area contributed by atoms with E-state index in [1.807, 2.05) is 13.8 Å². The van der Waals surface area contributed by atoms with E-state index in [1.54, 1.807) is 6.92 Å². The van der Waals surface area contributed by atoms with E-state index < -0.39 is 0 Å². The lowest BCUT2D eigenvalue weighted by Crippen LogP contribution is -2.07. The predicted octanol–water partition coefficient (Wildman–Crippen LogP) is 1.82. The van der Waals surface area contributed by atoms with E-state index >= 15 is 0 Å². The summed E-state index contributed by atoms with van der Waals surface area (Å²) in [6.45, 7) is 5.45. The van der Waals surface area contributed by atoms with Crippen LogP contribution in [-0.2, 0) is 0 Å². The molecule has 3 nitrogen and oxygen atoms in total. The van der Waals surface area contributed by atoms with Gasteiger partial charge in [0.25, 0.3) is 0 Å². The molecule has 3 heteroatoms. The summed E-state index contributed by atoms with van der Waals surface area (Å²) in [5, 5.41) is 3.53. The van der Waals surface area contributed by atoms with Crippen molar-refractivity contribution < 1.29 is 9.32 Å². The summed E-state index contributed by atoms with van der Waals surface area (Å²) >= 11 is 0. The van der Waals surface area contributed by atoms with Crippen molar-refractivity contribution in [2.75, 3.05) is 0 Å². The maximum absolute atomic E-state index is 11.3. The smallest absolute Gasteiger partial charge is 0.170 e. The Bertz CT molecular complexity index is 263. The highest BCUT2D eigenvalue weighted by Crippen LogP contribution is 2.11. The molecule has 0 unspecified atom stereocenters. The number of rotatable bonds is 2. The number of Topliss-reactive ketones (excluding diaryl/α,β-unsaturated/α-hetero) is 1. The Morgan fingerprint density at radius 2 is 2.27 bits per heavy atom. The van der Waals surface area contributed by atoms with Crippen molar-refractivity contribution in [3.8, 4) is 0 Å². The normalized spacial score (nSPS) is 10.5. The molecule has 1 rings (SSSR count). The molecular weight excluding hydrogens is 142 g/mol. The van der Waals surface area contributed by atoms with E-state index in [4.69, 9.17) is 4.52 Å². The second kappa shape index (κ2) is 2.86. The molecule has 60 valence electrons. The summed E-state index contributed by atoms with van der Waals surface area (Å²) in [7, 11) is 0. The van der Waals surface area contributed by atoms with Crippen molar-refractivity contribution in [3.63, 3.8) is 0 Å². The zero-order valence-corrected chi connectivity index (χ0v) is 6.92. The number of hydrogen-bond donors (Lipinski definition) is 0. The van der Waals surface area contributed by atoms with Crippen LogP contribution in [0.25, 0.3) is 0 Å². The van der Waals surface area contributed by atoms with E-state index in [2.05, 4.69) is 5.16 Å². The number of ketones is 1. The van der Waals surface area contributed by atoms with E-state index in [9.17, 15) is 4.79 Å². The van der Waals surface area contributed by atoms with Gasteiger partial charge < -0.3 is 4.52 Å². The van der Waals surface area contributed by atoms with Crippen LogP contribution in [0.2, 0.25) is 0 Å².